The van der Waals surface area contributed by atoms with Crippen molar-refractivity contribution in [3.05, 3.63) is 53.1 Å². The summed E-state index contributed by atoms with van der Waals surface area (Å²) in [5.74, 6) is -1.38. The highest BCUT2D eigenvalue weighted by molar-refractivity contribution is 5.94. The van der Waals surface area contributed by atoms with Crippen molar-refractivity contribution in [2.24, 2.45) is 0 Å². The average molecular weight is 302 g/mol. The van der Waals surface area contributed by atoms with Crippen LogP contribution in [-0.4, -0.2) is 23.1 Å². The minimum atomic E-state index is -1.05. The number of hydrogen-bond acceptors (Lipinski definition) is 5. The van der Waals surface area contributed by atoms with Crippen molar-refractivity contribution in [2.75, 3.05) is 17.4 Å². The maximum Gasteiger partial charge on any atom is 0.337 e. The number of hydrogen-bond donors (Lipinski definition) is 3. The molecule has 0 radical (unpaired) electrons. The van der Waals surface area contributed by atoms with Gasteiger partial charge in [-0.1, -0.05) is 0 Å². The van der Waals surface area contributed by atoms with Crippen molar-refractivity contribution in [3.8, 4) is 0 Å². The first-order chi connectivity index (χ1) is 10.5. The molecule has 22 heavy (non-hydrogen) atoms. The number of benzene rings is 1. The number of nitrogens with zero attached hydrogens (tertiary/aromatic N) is 2. The Kier molecular flexibility index (Phi) is 3.42. The number of halogens is 1. The molecule has 6 nitrogen and oxygen atoms in total. The van der Waals surface area contributed by atoms with E-state index in [9.17, 15) is 14.3 Å². The van der Waals surface area contributed by atoms with E-state index in [1.807, 2.05) is 14.0 Å². The second kappa shape index (κ2) is 5.27. The van der Waals surface area contributed by atoms with Gasteiger partial charge in [0.1, 0.15) is 12.0 Å². The highest BCUT2D eigenvalue weighted by Crippen LogP contribution is 2.36. The fraction of sp³-hybridized carbons (Fsp3) is 0.200. The maximum absolute atomic E-state index is 13.7. The molecule has 0 amide bonds. The van der Waals surface area contributed by atoms with E-state index < -0.39 is 12.1 Å². The van der Waals surface area contributed by atoms with Crippen molar-refractivity contribution in [2.45, 2.75) is 13.1 Å². The molecule has 1 atom stereocenters. The van der Waals surface area contributed by atoms with E-state index in [4.69, 9.17) is 0 Å². The number of fused-ring (bicyclic) bond motifs is 1. The van der Waals surface area contributed by atoms with Crippen LogP contribution in [0.1, 0.15) is 27.7 Å². The van der Waals surface area contributed by atoms with Gasteiger partial charge < -0.3 is 15.4 Å². The Morgan fingerprint density at radius 3 is 3.00 bits per heavy atom. The number of carboxylic acids is 1. The molecule has 0 bridgehead atoms. The van der Waals surface area contributed by atoms with Gasteiger partial charge in [-0.15, -0.1) is 0 Å². The number of aromatic carboxylic acids is 1. The summed E-state index contributed by atoms with van der Waals surface area (Å²) in [5.41, 5.74) is 6.02. The summed E-state index contributed by atoms with van der Waals surface area (Å²) >= 11 is 0. The number of anilines is 2. The molecule has 1 aliphatic rings. The van der Waals surface area contributed by atoms with E-state index in [1.165, 1.54) is 30.6 Å². The topological polar surface area (TPSA) is 77.5 Å². The van der Waals surface area contributed by atoms with Crippen molar-refractivity contribution in [3.63, 3.8) is 0 Å². The van der Waals surface area contributed by atoms with Gasteiger partial charge in [0.25, 0.3) is 0 Å². The Morgan fingerprint density at radius 2 is 2.27 bits per heavy atom. The Balaban J connectivity index is 1.99. The number of nitrogens with one attached hydrogen (secondary N) is 2. The van der Waals surface area contributed by atoms with Gasteiger partial charge in [0.2, 0.25) is 0 Å². The third-order valence-electron chi connectivity index (χ3n) is 3.62. The van der Waals surface area contributed by atoms with Crippen LogP contribution in [-0.2, 0) is 0 Å². The minimum absolute atomic E-state index is 0.112. The zero-order valence-electron chi connectivity index (χ0n) is 12.1. The molecule has 0 spiro atoms. The van der Waals surface area contributed by atoms with Crippen LogP contribution in [0.4, 0.5) is 15.8 Å². The van der Waals surface area contributed by atoms with Crippen LogP contribution in [0.25, 0.3) is 0 Å². The molecule has 0 fully saturated rings. The number of carboxylic acid groups (broad SMARTS) is 1. The number of carbonyl (C=O) groups is 1. The fourth-order valence-corrected chi connectivity index (χ4v) is 2.73. The fourth-order valence-electron chi connectivity index (χ4n) is 2.73. The van der Waals surface area contributed by atoms with Gasteiger partial charge in [-0.25, -0.2) is 14.6 Å². The molecule has 0 saturated heterocycles. The van der Waals surface area contributed by atoms with Gasteiger partial charge in [0.05, 0.1) is 23.1 Å². The smallest absolute Gasteiger partial charge is 0.337 e. The number of rotatable bonds is 3. The first-order valence-corrected chi connectivity index (χ1v) is 6.71. The molecule has 0 aliphatic carbocycles. The van der Waals surface area contributed by atoms with E-state index >= 15 is 0 Å². The second-order valence-electron chi connectivity index (χ2n) is 5.15. The molecule has 1 aromatic carbocycles. The van der Waals surface area contributed by atoms with Gasteiger partial charge in [-0.2, -0.15) is 0 Å². The van der Waals surface area contributed by atoms with E-state index in [2.05, 4.69) is 15.7 Å². The minimum Gasteiger partial charge on any atom is -0.478 e. The Bertz CT molecular complexity index is 750. The molecule has 1 aromatic heterocycles. The molecule has 3 N–H and O–H groups in total. The summed E-state index contributed by atoms with van der Waals surface area (Å²) in [6, 6.07) is 4.32. The standard InChI is InChI=1S/C15H15FN4O2/c1-8-5-9(16)6-11-13(8)20(2)19-14(11)18-12-7-17-4-3-10(12)15(21)22/h3-7,14,18-19H,1-2H3,(H,21,22). The number of aromatic nitrogens is 1. The zero-order chi connectivity index (χ0) is 15.9. The van der Waals surface area contributed by atoms with Gasteiger partial charge in [-0.05, 0) is 30.7 Å². The summed E-state index contributed by atoms with van der Waals surface area (Å²) in [4.78, 5) is 15.2. The highest BCUT2D eigenvalue weighted by atomic mass is 19.1. The Labute approximate surface area is 126 Å². The quantitative estimate of drug-likeness (QED) is 0.807. The lowest BCUT2D eigenvalue weighted by Gasteiger charge is -2.18. The lowest BCUT2D eigenvalue weighted by molar-refractivity contribution is 0.0697. The van der Waals surface area contributed by atoms with Gasteiger partial charge in [0.15, 0.2) is 0 Å². The monoisotopic (exact) mass is 302 g/mol. The van der Waals surface area contributed by atoms with E-state index in [-0.39, 0.29) is 11.4 Å². The molecule has 2 heterocycles. The van der Waals surface area contributed by atoms with Crippen molar-refractivity contribution in [1.29, 1.82) is 0 Å². The molecule has 3 rings (SSSR count). The molecular weight excluding hydrogens is 287 g/mol. The lowest BCUT2D eigenvalue weighted by Crippen LogP contribution is -2.34. The SMILES string of the molecule is Cc1cc(F)cc2c1N(C)NC2Nc1cnccc1C(=O)O. The summed E-state index contributed by atoms with van der Waals surface area (Å²) < 4.78 is 13.7. The van der Waals surface area contributed by atoms with Crippen molar-refractivity contribution >= 4 is 17.3 Å². The summed E-state index contributed by atoms with van der Waals surface area (Å²) in [7, 11) is 1.83. The highest BCUT2D eigenvalue weighted by Gasteiger charge is 2.29. The number of pyridine rings is 1. The van der Waals surface area contributed by atoms with Crippen LogP contribution in [0.3, 0.4) is 0 Å². The molecule has 7 heteroatoms. The Morgan fingerprint density at radius 1 is 1.50 bits per heavy atom. The van der Waals surface area contributed by atoms with Gasteiger partial charge >= 0.3 is 5.97 Å². The predicted octanol–water partition coefficient (Wildman–Crippen LogP) is 2.29. The largest absolute Gasteiger partial charge is 0.478 e. The molecular formula is C15H15FN4O2. The number of hydrazine groups is 1. The van der Waals surface area contributed by atoms with Gasteiger partial charge in [0, 0.05) is 18.8 Å². The zero-order valence-corrected chi connectivity index (χ0v) is 12.1. The van der Waals surface area contributed by atoms with Crippen LogP contribution < -0.4 is 15.8 Å². The predicted molar refractivity (Wildman–Crippen MR) is 80.2 cm³/mol. The third kappa shape index (κ3) is 2.35. The molecule has 0 saturated carbocycles. The normalized spacial score (nSPS) is 16.5. The van der Waals surface area contributed by atoms with Gasteiger partial charge in [-0.3, -0.25) is 4.98 Å². The summed E-state index contributed by atoms with van der Waals surface area (Å²) in [6.45, 7) is 1.83. The first-order valence-electron chi connectivity index (χ1n) is 6.71. The summed E-state index contributed by atoms with van der Waals surface area (Å²) in [5, 5.41) is 14.1. The molecule has 114 valence electrons. The Hall–Kier alpha value is -2.67. The second-order valence-corrected chi connectivity index (χ2v) is 5.15. The van der Waals surface area contributed by atoms with E-state index in [0.29, 0.717) is 5.69 Å². The lowest BCUT2D eigenvalue weighted by atomic mass is 10.1. The van der Waals surface area contributed by atoms with Crippen LogP contribution in [0.2, 0.25) is 0 Å². The average Bonchev–Trinajstić information content (AvgIpc) is 2.75. The van der Waals surface area contributed by atoms with Crippen LogP contribution in [0.15, 0.2) is 30.6 Å². The first kappa shape index (κ1) is 14.3. The molecule has 1 unspecified atom stereocenters. The summed E-state index contributed by atoms with van der Waals surface area (Å²) in [6.07, 6.45) is 2.42. The van der Waals surface area contributed by atoms with Crippen LogP contribution >= 0.6 is 0 Å². The third-order valence-corrected chi connectivity index (χ3v) is 3.62. The molecule has 1 aliphatic heterocycles. The van der Waals surface area contributed by atoms with E-state index in [0.717, 1.165) is 16.8 Å². The van der Waals surface area contributed by atoms with Crippen molar-refractivity contribution in [1.82, 2.24) is 10.4 Å². The molecule has 2 aromatic rings. The van der Waals surface area contributed by atoms with E-state index in [1.54, 1.807) is 5.01 Å². The van der Waals surface area contributed by atoms with Crippen LogP contribution in [0.5, 0.6) is 0 Å². The van der Waals surface area contributed by atoms with Crippen LogP contribution in [0, 0.1) is 12.7 Å². The van der Waals surface area contributed by atoms with Crippen molar-refractivity contribution < 1.29 is 14.3 Å². The maximum atomic E-state index is 13.7. The number of aryl methyl sites for hydroxylation is 1.